The van der Waals surface area contributed by atoms with Crippen molar-refractivity contribution in [2.24, 2.45) is 5.73 Å². The van der Waals surface area contributed by atoms with Crippen LogP contribution in [0.15, 0.2) is 66.8 Å². The van der Waals surface area contributed by atoms with Gasteiger partial charge < -0.3 is 20.5 Å². The summed E-state index contributed by atoms with van der Waals surface area (Å²) in [5, 5.41) is 3.68. The van der Waals surface area contributed by atoms with Gasteiger partial charge in [0.2, 0.25) is 0 Å². The molecule has 2 heterocycles. The fourth-order valence-corrected chi connectivity index (χ4v) is 4.05. The number of hydrogen-bond acceptors (Lipinski definition) is 5. The molecule has 7 heteroatoms. The molecule has 0 fully saturated rings. The molecule has 0 saturated carbocycles. The Morgan fingerprint density at radius 1 is 1.07 bits per heavy atom. The van der Waals surface area contributed by atoms with Crippen molar-refractivity contribution in [3.8, 4) is 22.6 Å². The van der Waals surface area contributed by atoms with Crippen LogP contribution < -0.4 is 20.5 Å². The van der Waals surface area contributed by atoms with E-state index in [4.69, 9.17) is 26.8 Å². The van der Waals surface area contributed by atoms with Gasteiger partial charge >= 0.3 is 0 Å². The molecule has 5 nitrogen and oxygen atoms in total. The molecule has 1 aliphatic heterocycles. The Morgan fingerprint density at radius 2 is 1.83 bits per heavy atom. The molecule has 0 saturated heterocycles. The van der Waals surface area contributed by atoms with Crippen LogP contribution in [0.3, 0.4) is 0 Å². The number of rotatable bonds is 5. The van der Waals surface area contributed by atoms with Crippen molar-refractivity contribution in [1.82, 2.24) is 10.3 Å². The Hall–Kier alpha value is -3.25. The summed E-state index contributed by atoms with van der Waals surface area (Å²) in [6.07, 6.45) is 5.13. The molecular weight excluding hydrogens is 405 g/mol. The Morgan fingerprint density at radius 3 is 2.50 bits per heavy atom. The number of nitrogens with two attached hydrogens (primary N) is 1. The summed E-state index contributed by atoms with van der Waals surface area (Å²) in [6, 6.07) is 12.4. The molecule has 1 atom stereocenters. The van der Waals surface area contributed by atoms with Crippen molar-refractivity contribution in [3.63, 3.8) is 0 Å². The van der Waals surface area contributed by atoms with Gasteiger partial charge in [-0.25, -0.2) is 4.39 Å². The number of halogens is 2. The van der Waals surface area contributed by atoms with Gasteiger partial charge in [0.15, 0.2) is 0 Å². The third-order valence-corrected chi connectivity index (χ3v) is 5.68. The predicted octanol–water partition coefficient (Wildman–Crippen LogP) is 4.25. The Kier molecular flexibility index (Phi) is 5.26. The normalized spacial score (nSPS) is 17.9. The van der Waals surface area contributed by atoms with Crippen LogP contribution in [-0.2, 0) is 5.41 Å². The van der Waals surface area contributed by atoms with Crippen LogP contribution in [0.5, 0.6) is 11.5 Å². The molecule has 1 unspecified atom stereocenters. The zero-order valence-electron chi connectivity index (χ0n) is 16.6. The Balaban J connectivity index is 1.88. The third-order valence-electron chi connectivity index (χ3n) is 5.38. The average molecular weight is 426 g/mol. The highest BCUT2D eigenvalue weighted by atomic mass is 35.5. The zero-order chi connectivity index (χ0) is 21.3. The van der Waals surface area contributed by atoms with E-state index in [1.165, 1.54) is 6.07 Å². The van der Waals surface area contributed by atoms with E-state index in [9.17, 15) is 4.39 Å². The summed E-state index contributed by atoms with van der Waals surface area (Å²) < 4.78 is 25.3. The number of nitrogens with zero attached hydrogens (tertiary/aromatic N) is 1. The first-order valence-electron chi connectivity index (χ1n) is 9.32. The fourth-order valence-electron chi connectivity index (χ4n) is 3.79. The second kappa shape index (κ2) is 7.88. The minimum absolute atomic E-state index is 0.348. The van der Waals surface area contributed by atoms with E-state index in [1.54, 1.807) is 38.7 Å². The van der Waals surface area contributed by atoms with Crippen LogP contribution in [0.1, 0.15) is 11.1 Å². The predicted molar refractivity (Wildman–Crippen MR) is 115 cm³/mol. The monoisotopic (exact) mass is 425 g/mol. The molecule has 1 aliphatic rings. The lowest BCUT2D eigenvalue weighted by Gasteiger charge is -2.29. The molecule has 30 heavy (non-hydrogen) atoms. The summed E-state index contributed by atoms with van der Waals surface area (Å²) in [4.78, 5) is 4.15. The van der Waals surface area contributed by atoms with Gasteiger partial charge in [-0.2, -0.15) is 0 Å². The molecule has 0 aliphatic carbocycles. The Labute approximate surface area is 179 Å². The number of pyridine rings is 1. The van der Waals surface area contributed by atoms with Gasteiger partial charge in [-0.15, -0.1) is 0 Å². The average Bonchev–Trinajstić information content (AvgIpc) is 3.17. The molecular formula is C23H21ClFN3O2. The standard InChI is InChI=1S/C23H21ClFN3O2/c1-29-17-7-14(11-27-12-17)18-8-15(3-5-20(18)25)23(10-22(26)28-13-23)16-4-6-21(30-2)19(24)9-16/h3-12,28H,13,26H2,1-2H3. The van der Waals surface area contributed by atoms with Crippen molar-refractivity contribution < 1.29 is 13.9 Å². The molecule has 2 aromatic carbocycles. The number of benzene rings is 2. The molecule has 0 spiro atoms. The SMILES string of the molecule is COc1cncc(-c2cc(C3(c4ccc(OC)c(Cl)c4)C=C(N)NC3)ccc2F)c1. The maximum atomic E-state index is 14.8. The largest absolute Gasteiger partial charge is 0.495 e. The Bertz CT molecular complexity index is 1140. The van der Waals surface area contributed by atoms with Gasteiger partial charge in [-0.3, -0.25) is 4.98 Å². The topological polar surface area (TPSA) is 69.4 Å². The maximum Gasteiger partial charge on any atom is 0.137 e. The zero-order valence-corrected chi connectivity index (χ0v) is 17.3. The van der Waals surface area contributed by atoms with Crippen molar-refractivity contribution in [2.45, 2.75) is 5.41 Å². The van der Waals surface area contributed by atoms with Crippen molar-refractivity contribution in [2.75, 3.05) is 20.8 Å². The van der Waals surface area contributed by atoms with E-state index in [-0.39, 0.29) is 5.82 Å². The van der Waals surface area contributed by atoms with Crippen LogP contribution in [0, 0.1) is 5.82 Å². The third kappa shape index (κ3) is 3.44. The minimum atomic E-state index is -0.616. The van der Waals surface area contributed by atoms with Gasteiger partial charge in [-0.05, 0) is 47.5 Å². The highest BCUT2D eigenvalue weighted by Gasteiger charge is 2.37. The summed E-state index contributed by atoms with van der Waals surface area (Å²) in [5.74, 6) is 1.34. The lowest BCUT2D eigenvalue weighted by atomic mass is 9.74. The van der Waals surface area contributed by atoms with Crippen LogP contribution in [-0.4, -0.2) is 25.7 Å². The first-order chi connectivity index (χ1) is 14.5. The molecule has 3 N–H and O–H groups in total. The molecule has 154 valence electrons. The minimum Gasteiger partial charge on any atom is -0.495 e. The van der Waals surface area contributed by atoms with E-state index in [0.29, 0.717) is 40.0 Å². The summed E-state index contributed by atoms with van der Waals surface area (Å²) in [5.41, 5.74) is 8.31. The summed E-state index contributed by atoms with van der Waals surface area (Å²) >= 11 is 6.40. The van der Waals surface area contributed by atoms with Crippen molar-refractivity contribution >= 4 is 11.6 Å². The van der Waals surface area contributed by atoms with Gasteiger partial charge in [0.05, 0.1) is 36.7 Å². The van der Waals surface area contributed by atoms with Crippen LogP contribution in [0.2, 0.25) is 5.02 Å². The van der Waals surface area contributed by atoms with Gasteiger partial charge in [-0.1, -0.05) is 23.7 Å². The number of nitrogens with one attached hydrogen (secondary N) is 1. The molecule has 3 aromatic rings. The van der Waals surface area contributed by atoms with E-state index in [1.807, 2.05) is 30.3 Å². The maximum absolute atomic E-state index is 14.8. The lowest BCUT2D eigenvalue weighted by Crippen LogP contribution is -2.31. The highest BCUT2D eigenvalue weighted by molar-refractivity contribution is 6.32. The number of aromatic nitrogens is 1. The van der Waals surface area contributed by atoms with E-state index >= 15 is 0 Å². The van der Waals surface area contributed by atoms with E-state index < -0.39 is 5.41 Å². The fraction of sp³-hybridized carbons (Fsp3) is 0.174. The van der Waals surface area contributed by atoms with Crippen LogP contribution in [0.25, 0.3) is 11.1 Å². The van der Waals surface area contributed by atoms with Crippen LogP contribution in [0.4, 0.5) is 4.39 Å². The van der Waals surface area contributed by atoms with Crippen molar-refractivity contribution in [3.05, 3.63) is 88.7 Å². The first kappa shape index (κ1) is 20.0. The molecule has 0 amide bonds. The smallest absolute Gasteiger partial charge is 0.137 e. The van der Waals surface area contributed by atoms with Crippen LogP contribution >= 0.6 is 11.6 Å². The van der Waals surface area contributed by atoms with Crippen molar-refractivity contribution in [1.29, 1.82) is 0 Å². The van der Waals surface area contributed by atoms with Gasteiger partial charge in [0.1, 0.15) is 17.3 Å². The summed E-state index contributed by atoms with van der Waals surface area (Å²) in [7, 11) is 3.12. The quantitative estimate of drug-likeness (QED) is 0.639. The number of hydrogen-bond donors (Lipinski definition) is 2. The second-order valence-corrected chi connectivity index (χ2v) is 7.49. The molecule has 0 radical (unpaired) electrons. The molecule has 0 bridgehead atoms. The lowest BCUT2D eigenvalue weighted by molar-refractivity contribution is 0.413. The van der Waals surface area contributed by atoms with Gasteiger partial charge in [0, 0.05) is 23.9 Å². The highest BCUT2D eigenvalue weighted by Crippen LogP contribution is 2.41. The summed E-state index contributed by atoms with van der Waals surface area (Å²) in [6.45, 7) is 0.517. The first-order valence-corrected chi connectivity index (χ1v) is 9.70. The number of methoxy groups -OCH3 is 2. The number of ether oxygens (including phenoxy) is 2. The molecule has 1 aromatic heterocycles. The second-order valence-electron chi connectivity index (χ2n) is 7.08. The van der Waals surface area contributed by atoms with Gasteiger partial charge in [0.25, 0.3) is 0 Å². The van der Waals surface area contributed by atoms with E-state index in [0.717, 1.165) is 11.1 Å². The van der Waals surface area contributed by atoms with E-state index in [2.05, 4.69) is 10.3 Å². The molecule has 4 rings (SSSR count).